The molecule has 176 valence electrons. The molecule has 2 heterocycles. The Kier molecular flexibility index (Phi) is 7.12. The van der Waals surface area contributed by atoms with Crippen LogP contribution in [0.2, 0.25) is 0 Å². The summed E-state index contributed by atoms with van der Waals surface area (Å²) in [6, 6.07) is 14.1. The molecule has 0 aliphatic carbocycles. The van der Waals surface area contributed by atoms with Crippen molar-refractivity contribution in [3.63, 3.8) is 0 Å². The number of methoxy groups -OCH3 is 1. The van der Waals surface area contributed by atoms with Crippen LogP contribution in [0.3, 0.4) is 0 Å². The highest BCUT2D eigenvalue weighted by atomic mass is 19.1. The van der Waals surface area contributed by atoms with Gasteiger partial charge >= 0.3 is 0 Å². The van der Waals surface area contributed by atoms with Gasteiger partial charge in [0.05, 0.1) is 18.6 Å². The topological polar surface area (TPSA) is 75.3 Å². The van der Waals surface area contributed by atoms with Gasteiger partial charge in [0.1, 0.15) is 30.0 Å². The predicted octanol–water partition coefficient (Wildman–Crippen LogP) is 4.02. The number of hydrogen-bond donors (Lipinski definition) is 0. The Morgan fingerprint density at radius 3 is 2.59 bits per heavy atom. The molecule has 0 saturated carbocycles. The van der Waals surface area contributed by atoms with Crippen LogP contribution in [0.1, 0.15) is 34.1 Å². The number of furan rings is 1. The van der Waals surface area contributed by atoms with Crippen LogP contribution in [-0.4, -0.2) is 54.2 Å². The number of halogens is 2. The lowest BCUT2D eigenvalue weighted by atomic mass is 10.0. The summed E-state index contributed by atoms with van der Waals surface area (Å²) in [6.07, 6.45) is 1.87. The summed E-state index contributed by atoms with van der Waals surface area (Å²) < 4.78 is 37.7. The first-order valence-electron chi connectivity index (χ1n) is 10.7. The van der Waals surface area contributed by atoms with Crippen LogP contribution in [0.15, 0.2) is 76.4 Å². The van der Waals surface area contributed by atoms with Gasteiger partial charge < -0.3 is 14.1 Å². The van der Waals surface area contributed by atoms with Crippen molar-refractivity contribution in [1.29, 1.82) is 0 Å². The molecule has 0 radical (unpaired) electrons. The zero-order chi connectivity index (χ0) is 24.1. The molecule has 0 spiro atoms. The number of hydrazone groups is 1. The fraction of sp³-hybridized carbons (Fsp3) is 0.240. The number of benzene rings is 2. The summed E-state index contributed by atoms with van der Waals surface area (Å²) in [4.78, 5) is 27.7. The molecule has 7 nitrogen and oxygen atoms in total. The second kappa shape index (κ2) is 10.4. The molecule has 1 aliphatic heterocycles. The zero-order valence-electron chi connectivity index (χ0n) is 18.5. The summed E-state index contributed by atoms with van der Waals surface area (Å²) >= 11 is 0. The zero-order valence-corrected chi connectivity index (χ0v) is 18.5. The minimum absolute atomic E-state index is 0.128. The van der Waals surface area contributed by atoms with E-state index in [1.54, 1.807) is 24.3 Å². The van der Waals surface area contributed by atoms with Crippen molar-refractivity contribution in [2.24, 2.45) is 5.10 Å². The van der Waals surface area contributed by atoms with Gasteiger partial charge in [-0.15, -0.1) is 0 Å². The van der Waals surface area contributed by atoms with E-state index in [-0.39, 0.29) is 31.1 Å². The fourth-order valence-electron chi connectivity index (χ4n) is 3.75. The monoisotopic (exact) mass is 467 g/mol. The lowest BCUT2D eigenvalue weighted by Crippen LogP contribution is -2.42. The highest BCUT2D eigenvalue weighted by molar-refractivity contribution is 6.03. The standard InChI is InChI=1S/C25H23F2N3O4/c1-33-13-11-29(25(32)18-4-2-5-20(27)14-18)16-24(31)30-22(23-6-3-12-34-23)15-21(28-30)17-7-9-19(26)10-8-17/h2-10,12,14,22H,11,13,15-16H2,1H3. The Balaban J connectivity index is 1.59. The molecule has 0 saturated heterocycles. The first-order valence-corrected chi connectivity index (χ1v) is 10.7. The quantitative estimate of drug-likeness (QED) is 0.502. The number of rotatable bonds is 8. The normalized spacial score (nSPS) is 15.3. The van der Waals surface area contributed by atoms with Crippen LogP contribution in [0.4, 0.5) is 8.78 Å². The number of ether oxygens (including phenoxy) is 1. The Labute approximate surface area is 195 Å². The van der Waals surface area contributed by atoms with Crippen molar-refractivity contribution in [3.8, 4) is 0 Å². The third kappa shape index (κ3) is 5.20. The van der Waals surface area contributed by atoms with Crippen molar-refractivity contribution in [2.45, 2.75) is 12.5 Å². The van der Waals surface area contributed by atoms with Crippen molar-refractivity contribution in [2.75, 3.05) is 26.8 Å². The van der Waals surface area contributed by atoms with E-state index in [0.29, 0.717) is 23.5 Å². The Morgan fingerprint density at radius 1 is 1.12 bits per heavy atom. The molecular weight excluding hydrogens is 444 g/mol. The first-order chi connectivity index (χ1) is 16.5. The molecule has 0 N–H and O–H groups in total. The molecule has 2 amide bonds. The van der Waals surface area contributed by atoms with E-state index in [9.17, 15) is 18.4 Å². The first kappa shape index (κ1) is 23.3. The summed E-state index contributed by atoms with van der Waals surface area (Å²) in [7, 11) is 1.49. The van der Waals surface area contributed by atoms with Gasteiger partial charge in [-0.2, -0.15) is 5.10 Å². The maximum Gasteiger partial charge on any atom is 0.262 e. The van der Waals surface area contributed by atoms with Crippen LogP contribution in [0.25, 0.3) is 0 Å². The van der Waals surface area contributed by atoms with E-state index in [0.717, 1.165) is 6.07 Å². The minimum Gasteiger partial charge on any atom is -0.467 e. The molecule has 0 bridgehead atoms. The molecule has 1 aliphatic rings. The second-order valence-electron chi connectivity index (χ2n) is 7.76. The molecule has 1 atom stereocenters. The van der Waals surface area contributed by atoms with Gasteiger partial charge in [-0.3, -0.25) is 9.59 Å². The molecule has 1 unspecified atom stereocenters. The molecular formula is C25H23F2N3O4. The van der Waals surface area contributed by atoms with Crippen LogP contribution in [0.5, 0.6) is 0 Å². The number of nitrogens with zero attached hydrogens (tertiary/aromatic N) is 3. The van der Waals surface area contributed by atoms with Gasteiger partial charge in [-0.1, -0.05) is 18.2 Å². The average molecular weight is 467 g/mol. The third-order valence-electron chi connectivity index (χ3n) is 5.47. The molecule has 3 aromatic rings. The van der Waals surface area contributed by atoms with Gasteiger partial charge in [0.15, 0.2) is 0 Å². The molecule has 4 rings (SSSR count). The van der Waals surface area contributed by atoms with Gasteiger partial charge in [0.2, 0.25) is 0 Å². The lowest BCUT2D eigenvalue weighted by molar-refractivity contribution is -0.134. The Hall–Kier alpha value is -3.85. The number of hydrogen-bond acceptors (Lipinski definition) is 5. The lowest BCUT2D eigenvalue weighted by Gasteiger charge is -2.26. The van der Waals surface area contributed by atoms with Crippen LogP contribution < -0.4 is 0 Å². The molecule has 0 fully saturated rings. The van der Waals surface area contributed by atoms with E-state index in [2.05, 4.69) is 5.10 Å². The summed E-state index contributed by atoms with van der Waals surface area (Å²) in [5, 5.41) is 5.78. The molecule has 2 aromatic carbocycles. The smallest absolute Gasteiger partial charge is 0.262 e. The Bertz CT molecular complexity index is 1180. The number of carbonyl (C=O) groups excluding carboxylic acids is 2. The molecule has 34 heavy (non-hydrogen) atoms. The van der Waals surface area contributed by atoms with Crippen molar-refractivity contribution in [1.82, 2.24) is 9.91 Å². The van der Waals surface area contributed by atoms with Crippen LogP contribution in [0, 0.1) is 11.6 Å². The van der Waals surface area contributed by atoms with E-state index >= 15 is 0 Å². The van der Waals surface area contributed by atoms with E-state index in [1.807, 2.05) is 0 Å². The number of amides is 2. The average Bonchev–Trinajstić information content (AvgIpc) is 3.52. The van der Waals surface area contributed by atoms with E-state index < -0.39 is 23.7 Å². The maximum absolute atomic E-state index is 13.7. The highest BCUT2D eigenvalue weighted by Gasteiger charge is 2.36. The fourth-order valence-corrected chi connectivity index (χ4v) is 3.75. The second-order valence-corrected chi connectivity index (χ2v) is 7.76. The third-order valence-corrected chi connectivity index (χ3v) is 5.47. The van der Waals surface area contributed by atoms with Crippen LogP contribution in [-0.2, 0) is 9.53 Å². The largest absolute Gasteiger partial charge is 0.467 e. The summed E-state index contributed by atoms with van der Waals surface area (Å²) in [6.45, 7) is 0.0293. The van der Waals surface area contributed by atoms with Crippen molar-refractivity contribution >= 4 is 17.5 Å². The molecule has 9 heteroatoms. The predicted molar refractivity (Wildman–Crippen MR) is 120 cm³/mol. The van der Waals surface area contributed by atoms with Gasteiger partial charge in [0, 0.05) is 25.6 Å². The SMILES string of the molecule is COCCN(CC(=O)N1N=C(c2ccc(F)cc2)CC1c1ccco1)C(=O)c1cccc(F)c1. The van der Waals surface area contributed by atoms with Gasteiger partial charge in [0.25, 0.3) is 11.8 Å². The van der Waals surface area contributed by atoms with Gasteiger partial charge in [-0.25, -0.2) is 13.8 Å². The van der Waals surface area contributed by atoms with E-state index in [1.165, 1.54) is 53.6 Å². The van der Waals surface area contributed by atoms with Gasteiger partial charge in [-0.05, 0) is 48.0 Å². The summed E-state index contributed by atoms with van der Waals surface area (Å²) in [5.74, 6) is -1.33. The minimum atomic E-state index is -0.546. The Morgan fingerprint density at radius 2 is 1.91 bits per heavy atom. The molecule has 1 aromatic heterocycles. The van der Waals surface area contributed by atoms with Crippen molar-refractivity contribution in [3.05, 3.63) is 95.4 Å². The van der Waals surface area contributed by atoms with Crippen molar-refractivity contribution < 1.29 is 27.5 Å². The summed E-state index contributed by atoms with van der Waals surface area (Å²) in [5.41, 5.74) is 1.40. The maximum atomic E-state index is 13.7. The number of carbonyl (C=O) groups is 2. The highest BCUT2D eigenvalue weighted by Crippen LogP contribution is 2.33. The van der Waals surface area contributed by atoms with E-state index in [4.69, 9.17) is 9.15 Å². The van der Waals surface area contributed by atoms with Crippen LogP contribution >= 0.6 is 0 Å².